The fourth-order valence-corrected chi connectivity index (χ4v) is 1.36. The molecule has 0 saturated carbocycles. The number of aliphatic hydroxyl groups is 1. The molecule has 5 heteroatoms. The SMILES string of the molecule is Nc1cc(Cl)ccc1C(=O)OCCCCO. The lowest BCUT2D eigenvalue weighted by Crippen LogP contribution is -2.09. The molecule has 1 aromatic carbocycles. The normalized spacial score (nSPS) is 10.1. The molecular weight excluding hydrogens is 230 g/mol. The Morgan fingerprint density at radius 1 is 1.44 bits per heavy atom. The Labute approximate surface area is 99.0 Å². The van der Waals surface area contributed by atoms with Crippen LogP contribution in [0.25, 0.3) is 0 Å². The fourth-order valence-electron chi connectivity index (χ4n) is 1.18. The standard InChI is InChI=1S/C11H14ClNO3/c12-8-3-4-9(10(13)7-8)11(15)16-6-2-1-5-14/h3-4,7,14H,1-2,5-6,13H2. The van der Waals surface area contributed by atoms with Gasteiger partial charge in [0, 0.05) is 17.3 Å². The Morgan fingerprint density at radius 3 is 2.81 bits per heavy atom. The van der Waals surface area contributed by atoms with Crippen LogP contribution in [-0.4, -0.2) is 24.3 Å². The number of aliphatic hydroxyl groups excluding tert-OH is 1. The van der Waals surface area contributed by atoms with E-state index < -0.39 is 5.97 Å². The molecule has 0 saturated heterocycles. The number of nitrogen functional groups attached to an aromatic ring is 1. The molecule has 0 aromatic heterocycles. The summed E-state index contributed by atoms with van der Waals surface area (Å²) in [6.45, 7) is 0.377. The highest BCUT2D eigenvalue weighted by molar-refractivity contribution is 6.31. The Balaban J connectivity index is 2.53. The van der Waals surface area contributed by atoms with Crippen molar-refractivity contribution in [2.45, 2.75) is 12.8 Å². The molecule has 4 nitrogen and oxygen atoms in total. The van der Waals surface area contributed by atoms with E-state index in [1.807, 2.05) is 0 Å². The van der Waals surface area contributed by atoms with E-state index in [9.17, 15) is 4.79 Å². The third-order valence-electron chi connectivity index (χ3n) is 2.02. The molecule has 0 amide bonds. The molecule has 0 fully saturated rings. The first-order chi connectivity index (χ1) is 7.65. The Kier molecular flexibility index (Phi) is 5.08. The van der Waals surface area contributed by atoms with Crippen molar-refractivity contribution < 1.29 is 14.6 Å². The smallest absolute Gasteiger partial charge is 0.340 e. The van der Waals surface area contributed by atoms with Gasteiger partial charge in [0.25, 0.3) is 0 Å². The fraction of sp³-hybridized carbons (Fsp3) is 0.364. The predicted octanol–water partition coefficient (Wildman–Crippen LogP) is 1.85. The van der Waals surface area contributed by atoms with E-state index >= 15 is 0 Å². The Bertz CT molecular complexity index is 368. The molecular formula is C11H14ClNO3. The molecule has 0 bridgehead atoms. The lowest BCUT2D eigenvalue weighted by molar-refractivity contribution is 0.0494. The van der Waals surface area contributed by atoms with Crippen LogP contribution in [-0.2, 0) is 4.74 Å². The number of unbranched alkanes of at least 4 members (excludes halogenated alkanes) is 1. The number of nitrogens with two attached hydrogens (primary N) is 1. The Hall–Kier alpha value is -1.26. The van der Waals surface area contributed by atoms with Gasteiger partial charge in [0.1, 0.15) is 0 Å². The highest BCUT2D eigenvalue weighted by Crippen LogP contribution is 2.18. The molecule has 16 heavy (non-hydrogen) atoms. The van der Waals surface area contributed by atoms with Crippen LogP contribution in [0.15, 0.2) is 18.2 Å². The van der Waals surface area contributed by atoms with Crippen LogP contribution >= 0.6 is 11.6 Å². The van der Waals surface area contributed by atoms with Crippen LogP contribution in [0.2, 0.25) is 5.02 Å². The number of hydrogen-bond donors (Lipinski definition) is 2. The molecule has 0 aliphatic heterocycles. The third kappa shape index (κ3) is 3.72. The van der Waals surface area contributed by atoms with Crippen molar-refractivity contribution in [1.82, 2.24) is 0 Å². The molecule has 88 valence electrons. The zero-order chi connectivity index (χ0) is 12.0. The number of rotatable bonds is 5. The zero-order valence-electron chi connectivity index (χ0n) is 8.78. The number of carbonyl (C=O) groups is 1. The van der Waals surface area contributed by atoms with E-state index in [1.54, 1.807) is 6.07 Å². The van der Waals surface area contributed by atoms with Gasteiger partial charge in [0.05, 0.1) is 12.2 Å². The zero-order valence-corrected chi connectivity index (χ0v) is 9.54. The maximum Gasteiger partial charge on any atom is 0.340 e. The van der Waals surface area contributed by atoms with E-state index in [2.05, 4.69) is 0 Å². The number of carbonyl (C=O) groups excluding carboxylic acids is 1. The highest BCUT2D eigenvalue weighted by atomic mass is 35.5. The van der Waals surface area contributed by atoms with Crippen LogP contribution in [0.5, 0.6) is 0 Å². The first-order valence-electron chi connectivity index (χ1n) is 4.98. The average Bonchev–Trinajstić information content (AvgIpc) is 2.24. The van der Waals surface area contributed by atoms with Gasteiger partial charge in [-0.05, 0) is 31.0 Å². The largest absolute Gasteiger partial charge is 0.462 e. The number of halogens is 1. The van der Waals surface area contributed by atoms with Gasteiger partial charge in [-0.15, -0.1) is 0 Å². The molecule has 0 spiro atoms. The monoisotopic (exact) mass is 243 g/mol. The second kappa shape index (κ2) is 6.35. The number of anilines is 1. The van der Waals surface area contributed by atoms with Gasteiger partial charge < -0.3 is 15.6 Å². The summed E-state index contributed by atoms with van der Waals surface area (Å²) in [5.74, 6) is -0.466. The maximum atomic E-state index is 11.5. The van der Waals surface area contributed by atoms with Crippen LogP contribution in [0.4, 0.5) is 5.69 Å². The molecule has 1 rings (SSSR count). The van der Waals surface area contributed by atoms with Crippen molar-refractivity contribution in [2.75, 3.05) is 18.9 Å². The van der Waals surface area contributed by atoms with Gasteiger partial charge in [-0.3, -0.25) is 0 Å². The van der Waals surface area contributed by atoms with Crippen LogP contribution in [0.1, 0.15) is 23.2 Å². The highest BCUT2D eigenvalue weighted by Gasteiger charge is 2.10. The van der Waals surface area contributed by atoms with Gasteiger partial charge in [-0.1, -0.05) is 11.6 Å². The summed E-state index contributed by atoms with van der Waals surface area (Å²) >= 11 is 5.71. The lowest BCUT2D eigenvalue weighted by atomic mass is 10.2. The molecule has 1 aromatic rings. The van der Waals surface area contributed by atoms with Crippen molar-refractivity contribution in [3.8, 4) is 0 Å². The van der Waals surface area contributed by atoms with Crippen LogP contribution < -0.4 is 5.73 Å². The minimum absolute atomic E-state index is 0.0979. The molecule has 0 heterocycles. The van der Waals surface area contributed by atoms with Crippen molar-refractivity contribution in [1.29, 1.82) is 0 Å². The first-order valence-corrected chi connectivity index (χ1v) is 5.36. The third-order valence-corrected chi connectivity index (χ3v) is 2.25. The quantitative estimate of drug-likeness (QED) is 0.470. The summed E-state index contributed by atoms with van der Waals surface area (Å²) in [7, 11) is 0. The van der Waals surface area contributed by atoms with E-state index in [1.165, 1.54) is 12.1 Å². The predicted molar refractivity (Wildman–Crippen MR) is 62.5 cm³/mol. The average molecular weight is 244 g/mol. The summed E-state index contributed by atoms with van der Waals surface area (Å²) in [5, 5.41) is 9.03. The van der Waals surface area contributed by atoms with E-state index in [0.717, 1.165) is 0 Å². The number of benzene rings is 1. The molecule has 0 atom stereocenters. The van der Waals surface area contributed by atoms with Gasteiger partial charge in [-0.2, -0.15) is 0 Å². The van der Waals surface area contributed by atoms with Crippen LogP contribution in [0.3, 0.4) is 0 Å². The first kappa shape index (κ1) is 12.8. The molecule has 3 N–H and O–H groups in total. The van der Waals surface area contributed by atoms with Crippen LogP contribution in [0, 0.1) is 0 Å². The van der Waals surface area contributed by atoms with Gasteiger partial charge in [-0.25, -0.2) is 4.79 Å². The van der Waals surface area contributed by atoms with E-state index in [0.29, 0.717) is 29.1 Å². The number of hydrogen-bond acceptors (Lipinski definition) is 4. The molecule has 0 unspecified atom stereocenters. The topological polar surface area (TPSA) is 72.6 Å². The van der Waals surface area contributed by atoms with Crippen molar-refractivity contribution in [2.24, 2.45) is 0 Å². The van der Waals surface area contributed by atoms with Crippen molar-refractivity contribution in [3.05, 3.63) is 28.8 Å². The number of ether oxygens (including phenoxy) is 1. The van der Waals surface area contributed by atoms with E-state index in [4.69, 9.17) is 27.2 Å². The van der Waals surface area contributed by atoms with Crippen molar-refractivity contribution >= 4 is 23.3 Å². The second-order valence-corrected chi connectivity index (χ2v) is 3.73. The summed E-state index contributed by atoms with van der Waals surface area (Å²) in [5.41, 5.74) is 6.25. The summed E-state index contributed by atoms with van der Waals surface area (Å²) in [4.78, 5) is 11.5. The minimum atomic E-state index is -0.466. The molecule has 0 aliphatic rings. The van der Waals surface area contributed by atoms with E-state index in [-0.39, 0.29) is 13.2 Å². The minimum Gasteiger partial charge on any atom is -0.462 e. The lowest BCUT2D eigenvalue weighted by Gasteiger charge is -2.06. The summed E-state index contributed by atoms with van der Waals surface area (Å²) in [6, 6.07) is 4.63. The van der Waals surface area contributed by atoms with Gasteiger partial charge in [0.15, 0.2) is 0 Å². The molecule has 0 aliphatic carbocycles. The number of esters is 1. The Morgan fingerprint density at radius 2 is 2.19 bits per heavy atom. The second-order valence-electron chi connectivity index (χ2n) is 3.30. The van der Waals surface area contributed by atoms with Gasteiger partial charge >= 0.3 is 5.97 Å². The van der Waals surface area contributed by atoms with Crippen molar-refractivity contribution in [3.63, 3.8) is 0 Å². The maximum absolute atomic E-state index is 11.5. The van der Waals surface area contributed by atoms with Gasteiger partial charge in [0.2, 0.25) is 0 Å². The molecule has 0 radical (unpaired) electrons. The summed E-state index contributed by atoms with van der Waals surface area (Å²) < 4.78 is 4.98. The summed E-state index contributed by atoms with van der Waals surface area (Å²) in [6.07, 6.45) is 1.25.